The van der Waals surface area contributed by atoms with Gasteiger partial charge in [0.15, 0.2) is 5.11 Å². The smallest absolute Gasteiger partial charge is 0.191 e. The molecule has 0 fully saturated rings. The van der Waals surface area contributed by atoms with Crippen molar-refractivity contribution >= 4 is 40.3 Å². The van der Waals surface area contributed by atoms with Crippen LogP contribution in [0, 0.1) is 6.92 Å². The van der Waals surface area contributed by atoms with Gasteiger partial charge in [-0.1, -0.05) is 54.9 Å². The first-order valence-electron chi connectivity index (χ1n) is 7.06. The summed E-state index contributed by atoms with van der Waals surface area (Å²) in [6.07, 6.45) is 0.815. The van der Waals surface area contributed by atoms with E-state index in [-0.39, 0.29) is 0 Å². The summed E-state index contributed by atoms with van der Waals surface area (Å²) in [5.74, 6) is 0. The number of thiocarbonyl (C=S) groups is 1. The van der Waals surface area contributed by atoms with Crippen LogP contribution in [0.25, 0.3) is 0 Å². The van der Waals surface area contributed by atoms with Crippen LogP contribution in [0.4, 0.5) is 5.69 Å². The molecule has 0 heterocycles. The van der Waals surface area contributed by atoms with E-state index in [0.717, 1.165) is 28.9 Å². The Morgan fingerprint density at radius 2 is 1.86 bits per heavy atom. The van der Waals surface area contributed by atoms with Crippen molar-refractivity contribution in [3.05, 3.63) is 64.7 Å². The van der Waals surface area contributed by atoms with Crippen LogP contribution in [-0.4, -0.2) is 10.8 Å². The first kappa shape index (κ1) is 16.5. The average Bonchev–Trinajstić information content (AvgIpc) is 2.53. The van der Waals surface area contributed by atoms with Crippen molar-refractivity contribution in [3.63, 3.8) is 0 Å². The van der Waals surface area contributed by atoms with E-state index in [1.54, 1.807) is 0 Å². The molecule has 2 aromatic carbocycles. The minimum atomic E-state index is 0.437. The Morgan fingerprint density at radius 3 is 2.55 bits per heavy atom. The predicted octanol–water partition coefficient (Wildman–Crippen LogP) is 4.75. The van der Waals surface area contributed by atoms with Crippen molar-refractivity contribution < 1.29 is 0 Å². The van der Waals surface area contributed by atoms with Gasteiger partial charge in [-0.3, -0.25) is 5.43 Å². The van der Waals surface area contributed by atoms with E-state index in [4.69, 9.17) is 23.8 Å². The summed E-state index contributed by atoms with van der Waals surface area (Å²) >= 11 is 11.4. The number of halogens is 1. The van der Waals surface area contributed by atoms with E-state index in [9.17, 15) is 0 Å². The molecular formula is C17H18ClN3S. The standard InChI is InChI=1S/C17H18ClN3S/c1-3-15(13-8-5-4-6-9-13)20-21-17(22)19-16-11-7-10-14(18)12(16)2/h4-11H,3H2,1-2H3,(H2,19,21,22). The lowest BCUT2D eigenvalue weighted by molar-refractivity contribution is 1.02. The Balaban J connectivity index is 2.05. The van der Waals surface area contributed by atoms with Gasteiger partial charge in [-0.15, -0.1) is 0 Å². The fourth-order valence-corrected chi connectivity index (χ4v) is 2.32. The van der Waals surface area contributed by atoms with Crippen LogP contribution in [0.2, 0.25) is 5.02 Å². The van der Waals surface area contributed by atoms with Crippen molar-refractivity contribution in [2.75, 3.05) is 5.32 Å². The molecule has 0 saturated heterocycles. The van der Waals surface area contributed by atoms with Crippen LogP contribution in [0.3, 0.4) is 0 Å². The summed E-state index contributed by atoms with van der Waals surface area (Å²) in [5.41, 5.74) is 6.75. The van der Waals surface area contributed by atoms with Crippen molar-refractivity contribution in [1.82, 2.24) is 5.43 Å². The molecule has 0 radical (unpaired) electrons. The van der Waals surface area contributed by atoms with E-state index >= 15 is 0 Å². The van der Waals surface area contributed by atoms with Gasteiger partial charge in [0.2, 0.25) is 0 Å². The Labute approximate surface area is 141 Å². The number of hydrogen-bond donors (Lipinski definition) is 2. The molecule has 0 unspecified atom stereocenters. The highest BCUT2D eigenvalue weighted by Gasteiger charge is 2.04. The van der Waals surface area contributed by atoms with Crippen LogP contribution in [0.15, 0.2) is 53.6 Å². The molecule has 2 rings (SSSR count). The number of benzene rings is 2. The highest BCUT2D eigenvalue weighted by Crippen LogP contribution is 2.22. The Hall–Kier alpha value is -1.91. The number of hydrazone groups is 1. The van der Waals surface area contributed by atoms with Gasteiger partial charge in [0.05, 0.1) is 5.71 Å². The third-order valence-corrected chi connectivity index (χ3v) is 3.85. The first-order chi connectivity index (χ1) is 10.6. The summed E-state index contributed by atoms with van der Waals surface area (Å²) in [4.78, 5) is 0. The lowest BCUT2D eigenvalue weighted by atomic mass is 10.1. The quantitative estimate of drug-likeness (QED) is 0.482. The first-order valence-corrected chi connectivity index (χ1v) is 7.84. The van der Waals surface area contributed by atoms with Gasteiger partial charge in [-0.05, 0) is 48.8 Å². The lowest BCUT2D eigenvalue weighted by Crippen LogP contribution is -2.25. The molecule has 0 spiro atoms. The highest BCUT2D eigenvalue weighted by molar-refractivity contribution is 7.80. The molecule has 0 saturated carbocycles. The van der Waals surface area contributed by atoms with Crippen LogP contribution in [-0.2, 0) is 0 Å². The second-order valence-electron chi connectivity index (χ2n) is 4.76. The lowest BCUT2D eigenvalue weighted by Gasteiger charge is -2.12. The van der Waals surface area contributed by atoms with Crippen molar-refractivity contribution in [2.45, 2.75) is 20.3 Å². The summed E-state index contributed by atoms with van der Waals surface area (Å²) in [7, 11) is 0. The molecule has 5 heteroatoms. The molecule has 0 aliphatic carbocycles. The molecule has 114 valence electrons. The topological polar surface area (TPSA) is 36.4 Å². The van der Waals surface area contributed by atoms with Gasteiger partial charge >= 0.3 is 0 Å². The summed E-state index contributed by atoms with van der Waals surface area (Å²) in [6.45, 7) is 4.00. The maximum atomic E-state index is 6.10. The molecule has 2 N–H and O–H groups in total. The average molecular weight is 332 g/mol. The zero-order valence-corrected chi connectivity index (χ0v) is 14.1. The van der Waals surface area contributed by atoms with Gasteiger partial charge < -0.3 is 5.32 Å². The Bertz CT molecular complexity index is 684. The molecule has 0 aliphatic heterocycles. The molecular weight excluding hydrogens is 314 g/mol. The molecule has 0 aliphatic rings. The zero-order valence-electron chi connectivity index (χ0n) is 12.6. The fraction of sp³-hybridized carbons (Fsp3) is 0.176. The molecule has 0 aromatic heterocycles. The number of nitrogens with one attached hydrogen (secondary N) is 2. The normalized spacial score (nSPS) is 11.1. The van der Waals surface area contributed by atoms with Crippen molar-refractivity contribution in [2.24, 2.45) is 5.10 Å². The maximum Gasteiger partial charge on any atom is 0.191 e. The third-order valence-electron chi connectivity index (χ3n) is 3.25. The van der Waals surface area contributed by atoms with E-state index in [1.807, 2.05) is 55.5 Å². The van der Waals surface area contributed by atoms with Crippen LogP contribution >= 0.6 is 23.8 Å². The van der Waals surface area contributed by atoms with E-state index in [2.05, 4.69) is 22.8 Å². The molecule has 0 bridgehead atoms. The second kappa shape index (κ2) is 7.92. The monoisotopic (exact) mass is 331 g/mol. The summed E-state index contributed by atoms with van der Waals surface area (Å²) < 4.78 is 0. The third kappa shape index (κ3) is 4.29. The fourth-order valence-electron chi connectivity index (χ4n) is 1.99. The van der Waals surface area contributed by atoms with Crippen LogP contribution < -0.4 is 10.7 Å². The Morgan fingerprint density at radius 1 is 1.14 bits per heavy atom. The minimum absolute atomic E-state index is 0.437. The summed E-state index contributed by atoms with van der Waals surface area (Å²) in [6, 6.07) is 15.7. The van der Waals surface area contributed by atoms with Gasteiger partial charge in [-0.25, -0.2) is 0 Å². The predicted molar refractivity (Wildman–Crippen MR) is 98.8 cm³/mol. The van der Waals surface area contributed by atoms with E-state index in [0.29, 0.717) is 10.1 Å². The maximum absolute atomic E-state index is 6.10. The zero-order chi connectivity index (χ0) is 15.9. The molecule has 3 nitrogen and oxygen atoms in total. The number of rotatable bonds is 4. The Kier molecular flexibility index (Phi) is 5.92. The molecule has 0 atom stereocenters. The number of anilines is 1. The van der Waals surface area contributed by atoms with Gasteiger partial charge in [0.25, 0.3) is 0 Å². The summed E-state index contributed by atoms with van der Waals surface area (Å²) in [5, 5.41) is 8.64. The highest BCUT2D eigenvalue weighted by atomic mass is 35.5. The minimum Gasteiger partial charge on any atom is -0.331 e. The van der Waals surface area contributed by atoms with E-state index < -0.39 is 0 Å². The molecule has 22 heavy (non-hydrogen) atoms. The number of hydrogen-bond acceptors (Lipinski definition) is 2. The largest absolute Gasteiger partial charge is 0.331 e. The SMILES string of the molecule is CCC(=NNC(=S)Nc1cccc(Cl)c1C)c1ccccc1. The van der Waals surface area contributed by atoms with Crippen LogP contribution in [0.1, 0.15) is 24.5 Å². The number of nitrogens with zero attached hydrogens (tertiary/aromatic N) is 1. The molecule has 0 amide bonds. The molecule has 2 aromatic rings. The second-order valence-corrected chi connectivity index (χ2v) is 5.57. The van der Waals surface area contributed by atoms with Gasteiger partial charge in [0.1, 0.15) is 0 Å². The van der Waals surface area contributed by atoms with Crippen LogP contribution in [0.5, 0.6) is 0 Å². The van der Waals surface area contributed by atoms with Crippen molar-refractivity contribution in [3.8, 4) is 0 Å². The van der Waals surface area contributed by atoms with Gasteiger partial charge in [-0.2, -0.15) is 5.10 Å². The van der Waals surface area contributed by atoms with Gasteiger partial charge in [0, 0.05) is 10.7 Å². The van der Waals surface area contributed by atoms with Crippen molar-refractivity contribution in [1.29, 1.82) is 0 Å². The van der Waals surface area contributed by atoms with E-state index in [1.165, 1.54) is 0 Å².